The fourth-order valence-corrected chi connectivity index (χ4v) is 1.19. The van der Waals surface area contributed by atoms with E-state index in [2.05, 4.69) is 15.8 Å². The van der Waals surface area contributed by atoms with Gasteiger partial charge in [0.1, 0.15) is 0 Å². The highest BCUT2D eigenvalue weighted by Crippen LogP contribution is 2.13. The Morgan fingerprint density at radius 3 is 2.69 bits per heavy atom. The number of nitrogens with one attached hydrogen (secondary N) is 2. The molecule has 1 amide bonds. The molecular formula is C9H9N3O. The van der Waals surface area contributed by atoms with Crippen molar-refractivity contribution >= 4 is 5.91 Å². The van der Waals surface area contributed by atoms with E-state index in [-0.39, 0.29) is 11.9 Å². The predicted molar refractivity (Wildman–Crippen MR) is 47.4 cm³/mol. The molecule has 2 N–H and O–H groups in total. The predicted octanol–water partition coefficient (Wildman–Crippen LogP) is 0.313. The molecule has 1 unspecified atom stereocenters. The lowest BCUT2D eigenvalue weighted by atomic mass is 10.1. The molecule has 66 valence electrons. The van der Waals surface area contributed by atoms with Crippen LogP contribution in [0.3, 0.4) is 0 Å². The van der Waals surface area contributed by atoms with E-state index in [9.17, 15) is 4.79 Å². The first-order chi connectivity index (χ1) is 6.36. The Bertz CT molecular complexity index is 334. The van der Waals surface area contributed by atoms with Crippen LogP contribution >= 0.6 is 0 Å². The largest absolute Gasteiger partial charge is 0.287 e. The number of pyridine rings is 1. The monoisotopic (exact) mass is 175 g/mol. The van der Waals surface area contributed by atoms with E-state index in [0.29, 0.717) is 0 Å². The Balaban J connectivity index is 2.20. The maximum absolute atomic E-state index is 10.8. The molecule has 2 heterocycles. The van der Waals surface area contributed by atoms with Gasteiger partial charge < -0.3 is 0 Å². The number of hydrazine groups is 1. The molecule has 4 nitrogen and oxygen atoms in total. The number of hydrogen-bond donors (Lipinski definition) is 2. The maximum atomic E-state index is 10.8. The minimum absolute atomic E-state index is 0.0423. The molecule has 0 fully saturated rings. The second-order valence-corrected chi connectivity index (χ2v) is 2.75. The van der Waals surface area contributed by atoms with Gasteiger partial charge in [-0.1, -0.05) is 6.08 Å². The standard InChI is InChI=1S/C9H9N3O/c13-9-2-1-8(11-12-9)7-3-5-10-6-4-7/h1-6,8,11H,(H,12,13). The number of nitrogens with zero attached hydrogens (tertiary/aromatic N) is 1. The van der Waals surface area contributed by atoms with E-state index in [0.717, 1.165) is 5.56 Å². The summed E-state index contributed by atoms with van der Waals surface area (Å²) in [6.07, 6.45) is 6.78. The highest BCUT2D eigenvalue weighted by Gasteiger charge is 2.12. The first-order valence-corrected chi connectivity index (χ1v) is 4.00. The fraction of sp³-hybridized carbons (Fsp3) is 0.111. The van der Waals surface area contributed by atoms with E-state index in [1.165, 1.54) is 6.08 Å². The lowest BCUT2D eigenvalue weighted by molar-refractivity contribution is -0.118. The summed E-state index contributed by atoms with van der Waals surface area (Å²) in [5, 5.41) is 0. The second kappa shape index (κ2) is 3.37. The molecule has 13 heavy (non-hydrogen) atoms. The van der Waals surface area contributed by atoms with E-state index < -0.39 is 0 Å². The van der Waals surface area contributed by atoms with Crippen molar-refractivity contribution < 1.29 is 4.79 Å². The van der Waals surface area contributed by atoms with Crippen molar-refractivity contribution in [1.29, 1.82) is 0 Å². The van der Waals surface area contributed by atoms with Gasteiger partial charge in [0.15, 0.2) is 0 Å². The van der Waals surface area contributed by atoms with Gasteiger partial charge in [0.05, 0.1) is 6.04 Å². The van der Waals surface area contributed by atoms with Crippen LogP contribution in [0.15, 0.2) is 36.7 Å². The summed E-state index contributed by atoms with van der Waals surface area (Å²) >= 11 is 0. The van der Waals surface area contributed by atoms with Crippen LogP contribution < -0.4 is 10.9 Å². The normalized spacial score (nSPS) is 21.2. The SMILES string of the molecule is O=C1C=CC(c2ccncc2)NN1. The Hall–Kier alpha value is -1.68. The molecule has 1 aliphatic rings. The third kappa shape index (κ3) is 1.73. The quantitative estimate of drug-likeness (QED) is 0.646. The average molecular weight is 175 g/mol. The Kier molecular flexibility index (Phi) is 2.06. The van der Waals surface area contributed by atoms with E-state index in [4.69, 9.17) is 0 Å². The van der Waals surface area contributed by atoms with E-state index in [1.807, 2.05) is 18.2 Å². The van der Waals surface area contributed by atoms with Crippen LogP contribution in [-0.2, 0) is 4.79 Å². The zero-order valence-electron chi connectivity index (χ0n) is 6.90. The number of amides is 1. The maximum Gasteiger partial charge on any atom is 0.257 e. The van der Waals surface area contributed by atoms with Gasteiger partial charge in [-0.15, -0.1) is 0 Å². The Morgan fingerprint density at radius 1 is 1.31 bits per heavy atom. The first kappa shape index (κ1) is 7.94. The number of hydrogen-bond acceptors (Lipinski definition) is 3. The zero-order valence-corrected chi connectivity index (χ0v) is 6.90. The summed E-state index contributed by atoms with van der Waals surface area (Å²) in [6.45, 7) is 0. The topological polar surface area (TPSA) is 54.0 Å². The average Bonchev–Trinajstić information content (AvgIpc) is 2.20. The van der Waals surface area contributed by atoms with Crippen LogP contribution in [0.2, 0.25) is 0 Å². The number of aromatic nitrogens is 1. The lowest BCUT2D eigenvalue weighted by Crippen LogP contribution is -2.41. The van der Waals surface area contributed by atoms with Gasteiger partial charge in [0, 0.05) is 18.5 Å². The van der Waals surface area contributed by atoms with Crippen LogP contribution in [0.1, 0.15) is 11.6 Å². The summed E-state index contributed by atoms with van der Waals surface area (Å²) < 4.78 is 0. The Morgan fingerprint density at radius 2 is 2.08 bits per heavy atom. The molecule has 0 aliphatic carbocycles. The van der Waals surface area contributed by atoms with Gasteiger partial charge in [-0.25, -0.2) is 5.43 Å². The first-order valence-electron chi connectivity index (χ1n) is 4.00. The highest BCUT2D eigenvalue weighted by atomic mass is 16.2. The molecule has 0 radical (unpaired) electrons. The van der Waals surface area contributed by atoms with Gasteiger partial charge in [-0.05, 0) is 17.7 Å². The Labute approximate surface area is 75.6 Å². The number of carbonyl (C=O) groups excluding carboxylic acids is 1. The van der Waals surface area contributed by atoms with Crippen LogP contribution in [0.4, 0.5) is 0 Å². The van der Waals surface area contributed by atoms with Gasteiger partial charge in [-0.3, -0.25) is 15.2 Å². The van der Waals surface area contributed by atoms with E-state index in [1.54, 1.807) is 12.4 Å². The summed E-state index contributed by atoms with van der Waals surface area (Å²) in [7, 11) is 0. The highest BCUT2D eigenvalue weighted by molar-refractivity contribution is 5.88. The van der Waals surface area contributed by atoms with Crippen LogP contribution in [0.25, 0.3) is 0 Å². The van der Waals surface area contributed by atoms with Crippen molar-refractivity contribution in [3.05, 3.63) is 42.2 Å². The molecule has 0 aromatic carbocycles. The molecule has 4 heteroatoms. The number of carbonyl (C=O) groups is 1. The lowest BCUT2D eigenvalue weighted by Gasteiger charge is -2.18. The van der Waals surface area contributed by atoms with Crippen molar-refractivity contribution in [3.8, 4) is 0 Å². The fourth-order valence-electron chi connectivity index (χ4n) is 1.19. The molecular weight excluding hydrogens is 166 g/mol. The third-order valence-electron chi connectivity index (χ3n) is 1.86. The molecule has 0 bridgehead atoms. The van der Waals surface area contributed by atoms with Crippen molar-refractivity contribution in [3.63, 3.8) is 0 Å². The van der Waals surface area contributed by atoms with Crippen LogP contribution in [0, 0.1) is 0 Å². The van der Waals surface area contributed by atoms with Gasteiger partial charge in [-0.2, -0.15) is 0 Å². The van der Waals surface area contributed by atoms with Gasteiger partial charge >= 0.3 is 0 Å². The van der Waals surface area contributed by atoms with Gasteiger partial charge in [0.2, 0.25) is 0 Å². The number of rotatable bonds is 1. The molecule has 1 aromatic rings. The summed E-state index contributed by atoms with van der Waals surface area (Å²) in [4.78, 5) is 14.7. The molecule has 1 aromatic heterocycles. The smallest absolute Gasteiger partial charge is 0.257 e. The minimum Gasteiger partial charge on any atom is -0.287 e. The van der Waals surface area contributed by atoms with Crippen molar-refractivity contribution in [2.24, 2.45) is 0 Å². The van der Waals surface area contributed by atoms with Crippen molar-refractivity contribution in [2.45, 2.75) is 6.04 Å². The molecule has 2 rings (SSSR count). The third-order valence-corrected chi connectivity index (χ3v) is 1.86. The minimum atomic E-state index is -0.120. The summed E-state index contributed by atoms with van der Waals surface area (Å²) in [5.41, 5.74) is 6.48. The van der Waals surface area contributed by atoms with Crippen LogP contribution in [-0.4, -0.2) is 10.9 Å². The van der Waals surface area contributed by atoms with Gasteiger partial charge in [0.25, 0.3) is 5.91 Å². The van der Waals surface area contributed by atoms with E-state index >= 15 is 0 Å². The molecule has 1 aliphatic heterocycles. The second-order valence-electron chi connectivity index (χ2n) is 2.75. The zero-order chi connectivity index (χ0) is 9.10. The van der Waals surface area contributed by atoms with Crippen molar-refractivity contribution in [2.75, 3.05) is 0 Å². The molecule has 0 saturated carbocycles. The molecule has 0 saturated heterocycles. The summed E-state index contributed by atoms with van der Waals surface area (Å²) in [6, 6.07) is 3.85. The van der Waals surface area contributed by atoms with Crippen molar-refractivity contribution in [1.82, 2.24) is 15.8 Å². The molecule has 0 spiro atoms. The molecule has 1 atom stereocenters. The van der Waals surface area contributed by atoms with Crippen LogP contribution in [0.5, 0.6) is 0 Å². The summed E-state index contributed by atoms with van der Waals surface area (Å²) in [5.74, 6) is -0.120.